The van der Waals surface area contributed by atoms with E-state index in [1.54, 1.807) is 0 Å². The summed E-state index contributed by atoms with van der Waals surface area (Å²) in [5.74, 6) is 0. The van der Waals surface area contributed by atoms with Crippen molar-refractivity contribution in [2.45, 2.75) is 13.8 Å². The fourth-order valence-corrected chi connectivity index (χ4v) is 5.56. The van der Waals surface area contributed by atoms with Crippen molar-refractivity contribution < 1.29 is 0 Å². The quantitative estimate of drug-likeness (QED) is 0.178. The van der Waals surface area contributed by atoms with E-state index < -0.39 is 0 Å². The lowest BCUT2D eigenvalue weighted by atomic mass is 9.97. The van der Waals surface area contributed by atoms with E-state index in [1.165, 1.54) is 22.3 Å². The standard InChI is InChI=1S/C34H24N4/c1-21-19-23(35-37-33-28-15-7-3-11-24(28)25-12-4-8-16-29(25)33)20-22(2)32(21)36-38-34-30-17-9-5-13-26(30)27-14-6-10-18-31(27)34/h3-20H,1-2H3. The highest BCUT2D eigenvalue weighted by molar-refractivity contribution is 6.27. The molecule has 4 heteroatoms. The first-order chi connectivity index (χ1) is 18.7. The summed E-state index contributed by atoms with van der Waals surface area (Å²) in [5, 5.41) is 18.9. The molecule has 0 aliphatic heterocycles. The number of nitrogens with zero attached hydrogens (tertiary/aromatic N) is 4. The van der Waals surface area contributed by atoms with E-state index in [4.69, 9.17) is 15.3 Å². The van der Waals surface area contributed by atoms with Gasteiger partial charge < -0.3 is 0 Å². The molecule has 0 radical (unpaired) electrons. The minimum atomic E-state index is 0.803. The Kier molecular flexibility index (Phi) is 5.19. The van der Waals surface area contributed by atoms with Crippen molar-refractivity contribution in [3.05, 3.63) is 143 Å². The highest BCUT2D eigenvalue weighted by atomic mass is 15.2. The zero-order valence-corrected chi connectivity index (χ0v) is 21.2. The number of allylic oxidation sites excluding steroid dienone is 4. The lowest BCUT2D eigenvalue weighted by Gasteiger charge is -2.12. The van der Waals surface area contributed by atoms with Gasteiger partial charge in [-0.1, -0.05) is 97.1 Å². The second-order valence-corrected chi connectivity index (χ2v) is 9.71. The summed E-state index contributed by atoms with van der Waals surface area (Å²) in [6, 6.07) is 33.5. The molecule has 0 bridgehead atoms. The molecular formula is C34H24N4. The smallest absolute Gasteiger partial charge is 0.101 e. The average molecular weight is 489 g/mol. The van der Waals surface area contributed by atoms with Gasteiger partial charge in [0.05, 0.1) is 11.4 Å². The molecular weight excluding hydrogens is 464 g/mol. The largest absolute Gasteiger partial charge is 0.151 e. The Morgan fingerprint density at radius 3 is 1.00 bits per heavy atom. The van der Waals surface area contributed by atoms with Gasteiger partial charge in [-0.3, -0.25) is 0 Å². The third-order valence-electron chi connectivity index (χ3n) is 7.30. The molecule has 0 saturated carbocycles. The minimum Gasteiger partial charge on any atom is -0.151 e. The van der Waals surface area contributed by atoms with E-state index in [1.807, 2.05) is 24.3 Å². The highest BCUT2D eigenvalue weighted by Crippen LogP contribution is 2.38. The van der Waals surface area contributed by atoms with Crippen LogP contribution in [0.5, 0.6) is 0 Å². The molecule has 4 nitrogen and oxygen atoms in total. The first-order valence-corrected chi connectivity index (χ1v) is 12.8. The monoisotopic (exact) mass is 488 g/mol. The number of rotatable bonds is 2. The Bertz CT molecular complexity index is 1710. The van der Waals surface area contributed by atoms with Crippen LogP contribution in [0.3, 0.4) is 0 Å². The molecule has 0 unspecified atom stereocenters. The molecule has 4 aromatic rings. The maximum Gasteiger partial charge on any atom is 0.101 e. The molecule has 0 saturated heterocycles. The molecule has 3 aliphatic rings. The minimum absolute atomic E-state index is 0.803. The molecule has 0 heterocycles. The van der Waals surface area contributed by atoms with Gasteiger partial charge >= 0.3 is 0 Å². The van der Waals surface area contributed by atoms with E-state index >= 15 is 0 Å². The Morgan fingerprint density at radius 2 is 0.632 bits per heavy atom. The van der Waals surface area contributed by atoms with E-state index in [9.17, 15) is 0 Å². The van der Waals surface area contributed by atoms with Crippen LogP contribution in [0.2, 0.25) is 0 Å². The molecule has 38 heavy (non-hydrogen) atoms. The van der Waals surface area contributed by atoms with Crippen molar-refractivity contribution in [3.8, 4) is 22.3 Å². The van der Waals surface area contributed by atoms with Crippen LogP contribution < -0.4 is 0 Å². The molecule has 0 aromatic heterocycles. The fourth-order valence-electron chi connectivity index (χ4n) is 5.56. The van der Waals surface area contributed by atoms with Crippen molar-refractivity contribution in [1.29, 1.82) is 0 Å². The number of hydrogen-bond donors (Lipinski definition) is 0. The maximum absolute atomic E-state index is 4.77. The fraction of sp³-hybridized carbons (Fsp3) is 0.0588. The van der Waals surface area contributed by atoms with Gasteiger partial charge in [-0.25, -0.2) is 0 Å². The van der Waals surface area contributed by atoms with Crippen molar-refractivity contribution in [2.75, 3.05) is 0 Å². The van der Waals surface area contributed by atoms with Crippen LogP contribution in [-0.4, -0.2) is 22.8 Å². The molecule has 0 atom stereocenters. The molecule has 0 fully saturated rings. The van der Waals surface area contributed by atoms with E-state index in [-0.39, 0.29) is 0 Å². The SMILES string of the molecule is CC1=CC(=NN=C2c3ccccc3-c3ccccc32)C=C(C)C1=NN=C1c2ccccc2-c2ccccc21. The first kappa shape index (κ1) is 22.3. The van der Waals surface area contributed by atoms with Crippen molar-refractivity contribution in [1.82, 2.24) is 0 Å². The van der Waals surface area contributed by atoms with Crippen LogP contribution in [0, 0.1) is 0 Å². The van der Waals surface area contributed by atoms with Crippen LogP contribution >= 0.6 is 0 Å². The van der Waals surface area contributed by atoms with Crippen molar-refractivity contribution >= 4 is 22.8 Å². The summed E-state index contributed by atoms with van der Waals surface area (Å²) in [6.07, 6.45) is 4.05. The Hall–Kier alpha value is -4.96. The second kappa shape index (κ2) is 8.86. The van der Waals surface area contributed by atoms with Gasteiger partial charge in [-0.15, -0.1) is 15.3 Å². The highest BCUT2D eigenvalue weighted by Gasteiger charge is 2.25. The van der Waals surface area contributed by atoms with Gasteiger partial charge in [-0.05, 0) is 59.4 Å². The Balaban J connectivity index is 1.24. The summed E-state index contributed by atoms with van der Waals surface area (Å²) in [5.41, 5.74) is 14.8. The Labute approximate surface area is 221 Å². The van der Waals surface area contributed by atoms with Crippen LogP contribution in [-0.2, 0) is 0 Å². The van der Waals surface area contributed by atoms with Gasteiger partial charge in [0, 0.05) is 22.3 Å². The molecule has 0 amide bonds. The predicted molar refractivity (Wildman–Crippen MR) is 157 cm³/mol. The lowest BCUT2D eigenvalue weighted by Crippen LogP contribution is -2.11. The van der Waals surface area contributed by atoms with E-state index in [0.29, 0.717) is 0 Å². The molecule has 0 spiro atoms. The summed E-state index contributed by atoms with van der Waals surface area (Å²) in [6.45, 7) is 4.10. The molecule has 7 rings (SSSR count). The summed E-state index contributed by atoms with van der Waals surface area (Å²) in [7, 11) is 0. The lowest BCUT2D eigenvalue weighted by molar-refractivity contribution is 1.21. The summed E-state index contributed by atoms with van der Waals surface area (Å²) < 4.78 is 0. The maximum atomic E-state index is 4.77. The van der Waals surface area contributed by atoms with Crippen LogP contribution in [0.25, 0.3) is 22.3 Å². The van der Waals surface area contributed by atoms with Crippen molar-refractivity contribution in [2.24, 2.45) is 20.4 Å². The van der Waals surface area contributed by atoms with Crippen LogP contribution in [0.4, 0.5) is 0 Å². The third-order valence-corrected chi connectivity index (χ3v) is 7.30. The molecule has 0 N–H and O–H groups in total. The van der Waals surface area contributed by atoms with Gasteiger partial charge in [0.15, 0.2) is 0 Å². The third kappa shape index (κ3) is 3.53. The predicted octanol–water partition coefficient (Wildman–Crippen LogP) is 7.64. The number of benzene rings is 4. The van der Waals surface area contributed by atoms with E-state index in [2.05, 4.69) is 104 Å². The van der Waals surface area contributed by atoms with Gasteiger partial charge in [0.2, 0.25) is 0 Å². The normalized spacial score (nSPS) is 14.7. The van der Waals surface area contributed by atoms with E-state index in [0.717, 1.165) is 56.2 Å². The second-order valence-electron chi connectivity index (χ2n) is 9.71. The zero-order valence-electron chi connectivity index (χ0n) is 21.2. The zero-order chi connectivity index (χ0) is 25.6. The molecule has 3 aliphatic carbocycles. The van der Waals surface area contributed by atoms with Gasteiger partial charge in [0.1, 0.15) is 11.4 Å². The average Bonchev–Trinajstić information content (AvgIpc) is 3.44. The number of hydrogen-bond acceptors (Lipinski definition) is 4. The molecule has 180 valence electrons. The Morgan fingerprint density at radius 1 is 0.342 bits per heavy atom. The molecule has 4 aromatic carbocycles. The van der Waals surface area contributed by atoms with Crippen LogP contribution in [0.15, 0.2) is 141 Å². The summed E-state index contributed by atoms with van der Waals surface area (Å²) in [4.78, 5) is 0. The number of fused-ring (bicyclic) bond motifs is 6. The van der Waals surface area contributed by atoms with Crippen LogP contribution in [0.1, 0.15) is 36.1 Å². The summed E-state index contributed by atoms with van der Waals surface area (Å²) >= 11 is 0. The first-order valence-electron chi connectivity index (χ1n) is 12.8. The van der Waals surface area contributed by atoms with Gasteiger partial charge in [-0.2, -0.15) is 5.10 Å². The topological polar surface area (TPSA) is 49.4 Å². The van der Waals surface area contributed by atoms with Gasteiger partial charge in [0.25, 0.3) is 0 Å². The van der Waals surface area contributed by atoms with Crippen molar-refractivity contribution in [3.63, 3.8) is 0 Å².